The molecule has 3 aromatic carbocycles. The Labute approximate surface area is 198 Å². The number of nitrogens with one attached hydrogen (secondary N) is 2. The van der Waals surface area contributed by atoms with E-state index in [1.165, 1.54) is 32.2 Å². The third-order valence-corrected chi connectivity index (χ3v) is 6.50. The molecule has 0 aliphatic rings. The number of Topliss-reactive ketones (excluding diaryl/α,β-unsaturated/α-hetero) is 1. The highest BCUT2D eigenvalue weighted by Gasteiger charge is 2.20. The number of halogens is 1. The first-order valence-corrected chi connectivity index (χ1v) is 12.0. The van der Waals surface area contributed by atoms with Gasteiger partial charge in [-0.3, -0.25) is 9.59 Å². The van der Waals surface area contributed by atoms with E-state index < -0.39 is 28.2 Å². The molecule has 3 rings (SSSR count). The number of carbonyl (C=O) groups excluding carboxylic acids is 2. The van der Waals surface area contributed by atoms with E-state index in [-0.39, 0.29) is 21.9 Å². The number of methoxy groups -OCH3 is 1. The number of sulfonamides is 1. The Morgan fingerprint density at radius 2 is 1.71 bits per heavy atom. The van der Waals surface area contributed by atoms with Gasteiger partial charge in [-0.25, -0.2) is 17.5 Å². The lowest BCUT2D eigenvalue weighted by Gasteiger charge is -2.12. The van der Waals surface area contributed by atoms with Gasteiger partial charge in [-0.1, -0.05) is 30.3 Å². The van der Waals surface area contributed by atoms with E-state index in [1.54, 1.807) is 48.5 Å². The minimum absolute atomic E-state index is 0.00814. The van der Waals surface area contributed by atoms with Crippen molar-refractivity contribution in [2.45, 2.75) is 11.8 Å². The number of carbonyl (C=O) groups is 2. The zero-order valence-electron chi connectivity index (χ0n) is 18.8. The molecule has 7 nitrogen and oxygen atoms in total. The van der Waals surface area contributed by atoms with Gasteiger partial charge >= 0.3 is 0 Å². The minimum atomic E-state index is -3.92. The molecule has 3 aromatic rings. The lowest BCUT2D eigenvalue weighted by atomic mass is 9.96. The van der Waals surface area contributed by atoms with Crippen molar-refractivity contribution >= 4 is 21.7 Å². The van der Waals surface area contributed by atoms with Crippen LogP contribution in [0.5, 0.6) is 0 Å². The number of ether oxygens (including phenoxy) is 1. The summed E-state index contributed by atoms with van der Waals surface area (Å²) in [5.74, 6) is -1.72. The summed E-state index contributed by atoms with van der Waals surface area (Å²) >= 11 is 0. The zero-order valence-corrected chi connectivity index (χ0v) is 19.6. The highest BCUT2D eigenvalue weighted by Crippen LogP contribution is 2.26. The maximum atomic E-state index is 14.8. The van der Waals surface area contributed by atoms with Gasteiger partial charge in [-0.2, -0.15) is 0 Å². The zero-order chi connectivity index (χ0) is 24.7. The minimum Gasteiger partial charge on any atom is -0.383 e. The molecule has 0 unspecified atom stereocenters. The van der Waals surface area contributed by atoms with Gasteiger partial charge in [0.05, 0.1) is 23.6 Å². The summed E-state index contributed by atoms with van der Waals surface area (Å²) in [6, 6.07) is 17.3. The van der Waals surface area contributed by atoms with Gasteiger partial charge in [0.2, 0.25) is 10.0 Å². The van der Waals surface area contributed by atoms with Crippen LogP contribution in [0.15, 0.2) is 71.6 Å². The summed E-state index contributed by atoms with van der Waals surface area (Å²) in [6.45, 7) is 1.65. The number of aryl methyl sites for hydroxylation is 1. The van der Waals surface area contributed by atoms with Gasteiger partial charge in [0, 0.05) is 19.2 Å². The van der Waals surface area contributed by atoms with E-state index in [9.17, 15) is 22.4 Å². The monoisotopic (exact) mass is 484 g/mol. The summed E-state index contributed by atoms with van der Waals surface area (Å²) in [5.41, 5.74) is 1.53. The first-order chi connectivity index (χ1) is 16.2. The lowest BCUT2D eigenvalue weighted by molar-refractivity contribution is 0.0936. The van der Waals surface area contributed by atoms with Crippen LogP contribution in [0.25, 0.3) is 11.1 Å². The van der Waals surface area contributed by atoms with Gasteiger partial charge < -0.3 is 10.1 Å². The molecule has 0 saturated carbocycles. The van der Waals surface area contributed by atoms with Gasteiger partial charge in [0.1, 0.15) is 5.82 Å². The second kappa shape index (κ2) is 11.1. The molecule has 0 fully saturated rings. The van der Waals surface area contributed by atoms with Crippen LogP contribution in [0.4, 0.5) is 4.39 Å². The lowest BCUT2D eigenvalue weighted by Crippen LogP contribution is -2.30. The van der Waals surface area contributed by atoms with Crippen LogP contribution in [-0.2, 0) is 14.8 Å². The highest BCUT2D eigenvalue weighted by atomic mass is 32.2. The number of hydrogen-bond donors (Lipinski definition) is 2. The third kappa shape index (κ3) is 6.13. The van der Waals surface area contributed by atoms with Gasteiger partial charge in [0.25, 0.3) is 5.91 Å². The normalized spacial score (nSPS) is 11.3. The summed E-state index contributed by atoms with van der Waals surface area (Å²) in [7, 11) is -2.38. The second-order valence-electron chi connectivity index (χ2n) is 7.54. The van der Waals surface area contributed by atoms with Crippen LogP contribution in [0.2, 0.25) is 0 Å². The Balaban J connectivity index is 1.83. The number of hydrogen-bond acceptors (Lipinski definition) is 5. The van der Waals surface area contributed by atoms with E-state index in [2.05, 4.69) is 10.0 Å². The second-order valence-corrected chi connectivity index (χ2v) is 9.31. The summed E-state index contributed by atoms with van der Waals surface area (Å²) in [4.78, 5) is 25.1. The molecular weight excluding hydrogens is 459 g/mol. The Morgan fingerprint density at radius 1 is 0.971 bits per heavy atom. The molecule has 0 aliphatic carbocycles. The van der Waals surface area contributed by atoms with Gasteiger partial charge in [-0.05, 0) is 60.0 Å². The van der Waals surface area contributed by atoms with Crippen LogP contribution in [0.1, 0.15) is 26.3 Å². The summed E-state index contributed by atoms with van der Waals surface area (Å²) < 4.78 is 46.7. The molecule has 0 radical (unpaired) electrons. The molecule has 9 heteroatoms. The first kappa shape index (κ1) is 25.2. The van der Waals surface area contributed by atoms with Gasteiger partial charge in [0.15, 0.2) is 5.78 Å². The highest BCUT2D eigenvalue weighted by molar-refractivity contribution is 7.89. The topological polar surface area (TPSA) is 102 Å². The van der Waals surface area contributed by atoms with Crippen molar-refractivity contribution < 1.29 is 27.1 Å². The van der Waals surface area contributed by atoms with E-state index in [0.717, 1.165) is 0 Å². The van der Waals surface area contributed by atoms with Crippen LogP contribution >= 0.6 is 0 Å². The van der Waals surface area contributed by atoms with Crippen LogP contribution in [-0.4, -0.2) is 46.9 Å². The number of benzene rings is 3. The third-order valence-electron chi connectivity index (χ3n) is 5.08. The smallest absolute Gasteiger partial charge is 0.251 e. The van der Waals surface area contributed by atoms with E-state index in [1.807, 2.05) is 0 Å². The molecule has 2 N–H and O–H groups in total. The molecule has 0 spiro atoms. The molecule has 178 valence electrons. The molecule has 0 saturated heterocycles. The van der Waals surface area contributed by atoms with Crippen molar-refractivity contribution in [3.05, 3.63) is 89.2 Å². The van der Waals surface area contributed by atoms with E-state index >= 15 is 0 Å². The van der Waals surface area contributed by atoms with Crippen LogP contribution in [0, 0.1) is 12.7 Å². The predicted molar refractivity (Wildman–Crippen MR) is 127 cm³/mol. The molecule has 0 atom stereocenters. The number of rotatable bonds is 10. The maximum Gasteiger partial charge on any atom is 0.251 e. The Morgan fingerprint density at radius 3 is 2.41 bits per heavy atom. The molecule has 0 aromatic heterocycles. The molecular formula is C25H25FN2O5S. The van der Waals surface area contributed by atoms with E-state index in [0.29, 0.717) is 29.8 Å². The number of ketones is 1. The van der Waals surface area contributed by atoms with Crippen molar-refractivity contribution in [3.63, 3.8) is 0 Å². The van der Waals surface area contributed by atoms with Crippen molar-refractivity contribution in [1.82, 2.24) is 10.0 Å². The Bertz CT molecular complexity index is 1290. The first-order valence-electron chi connectivity index (χ1n) is 10.5. The Kier molecular flexibility index (Phi) is 8.27. The van der Waals surface area contributed by atoms with E-state index in [4.69, 9.17) is 4.74 Å². The van der Waals surface area contributed by atoms with Crippen molar-refractivity contribution in [2.75, 3.05) is 26.8 Å². The average molecular weight is 485 g/mol. The fourth-order valence-corrected chi connectivity index (χ4v) is 4.29. The van der Waals surface area contributed by atoms with Crippen LogP contribution < -0.4 is 10.0 Å². The Hall–Kier alpha value is -3.40. The van der Waals surface area contributed by atoms with Gasteiger partial charge in [-0.15, -0.1) is 0 Å². The SMILES string of the molecule is COCCNC(=O)c1cccc(-c2cc(C)c(F)c(C(=O)CNS(=O)(=O)c3ccccc3)c2)c1. The molecule has 34 heavy (non-hydrogen) atoms. The summed E-state index contributed by atoms with van der Waals surface area (Å²) in [5, 5.41) is 2.73. The average Bonchev–Trinajstić information content (AvgIpc) is 2.85. The largest absolute Gasteiger partial charge is 0.383 e. The quantitative estimate of drug-likeness (QED) is 0.340. The van der Waals surface area contributed by atoms with Crippen molar-refractivity contribution in [3.8, 4) is 11.1 Å². The molecule has 0 bridgehead atoms. The fraction of sp³-hybridized carbons (Fsp3) is 0.200. The summed E-state index contributed by atoms with van der Waals surface area (Å²) in [6.07, 6.45) is 0. The van der Waals surface area contributed by atoms with Crippen LogP contribution in [0.3, 0.4) is 0 Å². The standard InChI is InChI=1S/C25H25FN2O5S/c1-17-13-20(18-7-6-8-19(14-18)25(30)27-11-12-33-2)15-22(24(17)26)23(29)16-28-34(31,32)21-9-4-3-5-10-21/h3-10,13-15,28H,11-12,16H2,1-2H3,(H,27,30). The maximum absolute atomic E-state index is 14.8. The number of amides is 1. The molecule has 0 aliphatic heterocycles. The fourth-order valence-electron chi connectivity index (χ4n) is 3.29. The predicted octanol–water partition coefficient (Wildman–Crippen LogP) is 3.34. The molecule has 0 heterocycles. The van der Waals surface area contributed by atoms with Crippen molar-refractivity contribution in [2.24, 2.45) is 0 Å². The molecule has 1 amide bonds. The van der Waals surface area contributed by atoms with Crippen molar-refractivity contribution in [1.29, 1.82) is 0 Å².